The van der Waals surface area contributed by atoms with Crippen LogP contribution in [0.3, 0.4) is 0 Å². The molecule has 0 saturated heterocycles. The van der Waals surface area contributed by atoms with Crippen LogP contribution in [-0.2, 0) is 11.3 Å². The highest BCUT2D eigenvalue weighted by atomic mass is 32.1. The first-order valence-corrected chi connectivity index (χ1v) is 8.12. The molecule has 0 unspecified atom stereocenters. The van der Waals surface area contributed by atoms with Crippen molar-refractivity contribution >= 4 is 38.3 Å². The van der Waals surface area contributed by atoms with Gasteiger partial charge < -0.3 is 4.74 Å². The fourth-order valence-electron chi connectivity index (χ4n) is 2.59. The number of ether oxygens (including phenoxy) is 1. The lowest BCUT2D eigenvalue weighted by Gasteiger charge is -2.06. The first kappa shape index (κ1) is 13.9. The molecule has 0 aliphatic rings. The van der Waals surface area contributed by atoms with Gasteiger partial charge in [0.25, 0.3) is 0 Å². The molecule has 112 valence electrons. The molecular formula is C19H13NO2S. The van der Waals surface area contributed by atoms with Crippen molar-refractivity contribution in [2.75, 3.05) is 0 Å². The molecule has 23 heavy (non-hydrogen) atoms. The van der Waals surface area contributed by atoms with Gasteiger partial charge in [-0.2, -0.15) is 0 Å². The van der Waals surface area contributed by atoms with Crippen LogP contribution >= 0.6 is 11.3 Å². The summed E-state index contributed by atoms with van der Waals surface area (Å²) in [6, 6.07) is 21.4. The number of rotatable bonds is 3. The summed E-state index contributed by atoms with van der Waals surface area (Å²) in [7, 11) is 0. The van der Waals surface area contributed by atoms with E-state index >= 15 is 0 Å². The van der Waals surface area contributed by atoms with E-state index in [1.807, 2.05) is 60.7 Å². The van der Waals surface area contributed by atoms with E-state index < -0.39 is 0 Å². The Kier molecular flexibility index (Phi) is 3.52. The number of benzene rings is 3. The number of nitrogens with zero attached hydrogens (tertiary/aromatic N) is 1. The van der Waals surface area contributed by atoms with Crippen molar-refractivity contribution < 1.29 is 9.53 Å². The molecule has 0 N–H and O–H groups in total. The number of fused-ring (bicyclic) bond motifs is 2. The van der Waals surface area contributed by atoms with E-state index in [2.05, 4.69) is 4.98 Å². The topological polar surface area (TPSA) is 39.2 Å². The second-order valence-electron chi connectivity index (χ2n) is 5.18. The maximum Gasteiger partial charge on any atom is 0.339 e. The average molecular weight is 319 g/mol. The number of para-hydroxylation sites is 1. The maximum absolute atomic E-state index is 12.4. The lowest BCUT2D eigenvalue weighted by atomic mass is 10.1. The van der Waals surface area contributed by atoms with Crippen LogP contribution < -0.4 is 0 Å². The molecule has 0 amide bonds. The van der Waals surface area contributed by atoms with Gasteiger partial charge in [0, 0.05) is 0 Å². The zero-order valence-electron chi connectivity index (χ0n) is 12.2. The van der Waals surface area contributed by atoms with Gasteiger partial charge in [0.2, 0.25) is 0 Å². The minimum atomic E-state index is -0.318. The third kappa shape index (κ3) is 2.69. The summed E-state index contributed by atoms with van der Waals surface area (Å²) in [6.45, 7) is 0.196. The molecule has 4 heteroatoms. The number of thiazole rings is 1. The lowest BCUT2D eigenvalue weighted by Crippen LogP contribution is -2.05. The molecule has 1 heterocycles. The van der Waals surface area contributed by atoms with E-state index in [4.69, 9.17) is 4.74 Å². The van der Waals surface area contributed by atoms with Crippen LogP contribution in [0, 0.1) is 0 Å². The van der Waals surface area contributed by atoms with E-state index in [1.54, 1.807) is 17.4 Å². The summed E-state index contributed by atoms with van der Waals surface area (Å²) >= 11 is 1.55. The van der Waals surface area contributed by atoms with Gasteiger partial charge in [0.05, 0.1) is 15.8 Å². The molecule has 0 bridgehead atoms. The number of carbonyl (C=O) groups is 1. The van der Waals surface area contributed by atoms with E-state index in [-0.39, 0.29) is 12.6 Å². The van der Waals surface area contributed by atoms with Gasteiger partial charge in [-0.25, -0.2) is 9.78 Å². The first-order valence-electron chi connectivity index (χ1n) is 7.30. The normalized spacial score (nSPS) is 11.0. The Morgan fingerprint density at radius 3 is 2.65 bits per heavy atom. The van der Waals surface area contributed by atoms with Crippen LogP contribution in [0.25, 0.3) is 21.0 Å². The van der Waals surface area contributed by atoms with E-state index in [0.29, 0.717) is 5.56 Å². The van der Waals surface area contributed by atoms with E-state index in [9.17, 15) is 4.79 Å². The van der Waals surface area contributed by atoms with Crippen molar-refractivity contribution in [3.63, 3.8) is 0 Å². The van der Waals surface area contributed by atoms with E-state index in [0.717, 1.165) is 26.0 Å². The summed E-state index contributed by atoms with van der Waals surface area (Å²) in [4.78, 5) is 16.9. The fourth-order valence-corrected chi connectivity index (χ4v) is 3.47. The Morgan fingerprint density at radius 1 is 0.957 bits per heavy atom. The Morgan fingerprint density at radius 2 is 1.74 bits per heavy atom. The van der Waals surface area contributed by atoms with Crippen LogP contribution in [-0.4, -0.2) is 11.0 Å². The SMILES string of the molecule is O=C(OCc1nc2ccccc2s1)c1cccc2ccccc12. The molecule has 0 saturated carbocycles. The standard InChI is InChI=1S/C19H13NO2S/c21-19(15-9-5-7-13-6-1-2-8-14(13)15)22-12-18-20-16-10-3-4-11-17(16)23-18/h1-11H,12H2. The third-order valence-electron chi connectivity index (χ3n) is 3.67. The average Bonchev–Trinajstić information content (AvgIpc) is 3.02. The fraction of sp³-hybridized carbons (Fsp3) is 0.0526. The monoisotopic (exact) mass is 319 g/mol. The lowest BCUT2D eigenvalue weighted by molar-refractivity contribution is 0.0475. The largest absolute Gasteiger partial charge is 0.455 e. The predicted molar refractivity (Wildman–Crippen MR) is 92.7 cm³/mol. The smallest absolute Gasteiger partial charge is 0.339 e. The highest BCUT2D eigenvalue weighted by molar-refractivity contribution is 7.18. The molecule has 4 aromatic rings. The van der Waals surface area contributed by atoms with Gasteiger partial charge in [-0.1, -0.05) is 48.5 Å². The molecule has 0 aliphatic heterocycles. The number of hydrogen-bond acceptors (Lipinski definition) is 4. The number of hydrogen-bond donors (Lipinski definition) is 0. The summed E-state index contributed by atoms with van der Waals surface area (Å²) in [5.74, 6) is -0.318. The Balaban J connectivity index is 1.57. The molecule has 0 radical (unpaired) electrons. The van der Waals surface area contributed by atoms with Gasteiger partial charge in [0.15, 0.2) is 0 Å². The molecule has 0 fully saturated rings. The summed E-state index contributed by atoms with van der Waals surface area (Å²) in [5, 5.41) is 2.74. The third-order valence-corrected chi connectivity index (χ3v) is 4.68. The zero-order valence-corrected chi connectivity index (χ0v) is 13.0. The van der Waals surface area contributed by atoms with Crippen molar-refractivity contribution in [2.24, 2.45) is 0 Å². The number of aromatic nitrogens is 1. The van der Waals surface area contributed by atoms with Crippen LogP contribution in [0.4, 0.5) is 0 Å². The molecule has 4 rings (SSSR count). The maximum atomic E-state index is 12.4. The zero-order chi connectivity index (χ0) is 15.6. The van der Waals surface area contributed by atoms with Gasteiger partial charge in [-0.15, -0.1) is 11.3 Å². The minimum absolute atomic E-state index is 0.196. The van der Waals surface area contributed by atoms with Crippen LogP contribution in [0.2, 0.25) is 0 Å². The van der Waals surface area contributed by atoms with E-state index in [1.165, 1.54) is 0 Å². The van der Waals surface area contributed by atoms with Crippen LogP contribution in [0.15, 0.2) is 66.7 Å². The quantitative estimate of drug-likeness (QED) is 0.509. The Hall–Kier alpha value is -2.72. The molecule has 0 spiro atoms. The molecule has 0 atom stereocenters. The Bertz CT molecular complexity index is 968. The van der Waals surface area contributed by atoms with Crippen LogP contribution in [0.1, 0.15) is 15.4 Å². The van der Waals surface area contributed by atoms with Crippen molar-refractivity contribution in [3.8, 4) is 0 Å². The molecule has 3 nitrogen and oxygen atoms in total. The van der Waals surface area contributed by atoms with Crippen molar-refractivity contribution in [2.45, 2.75) is 6.61 Å². The Labute approximate surface area is 137 Å². The van der Waals surface area contributed by atoms with Crippen molar-refractivity contribution in [3.05, 3.63) is 77.3 Å². The first-order chi connectivity index (χ1) is 11.3. The van der Waals surface area contributed by atoms with Gasteiger partial charge >= 0.3 is 5.97 Å². The van der Waals surface area contributed by atoms with Crippen LogP contribution in [0.5, 0.6) is 0 Å². The molecule has 1 aromatic heterocycles. The second kappa shape index (κ2) is 5.82. The molecule has 3 aromatic carbocycles. The summed E-state index contributed by atoms with van der Waals surface area (Å²) in [5.41, 5.74) is 1.53. The number of carbonyl (C=O) groups excluding carboxylic acids is 1. The van der Waals surface area contributed by atoms with Crippen molar-refractivity contribution in [1.29, 1.82) is 0 Å². The van der Waals surface area contributed by atoms with Crippen molar-refractivity contribution in [1.82, 2.24) is 4.98 Å². The summed E-state index contributed by atoms with van der Waals surface area (Å²) < 4.78 is 6.56. The highest BCUT2D eigenvalue weighted by Crippen LogP contribution is 2.23. The molecule has 0 aliphatic carbocycles. The van der Waals surface area contributed by atoms with Gasteiger partial charge in [-0.05, 0) is 29.0 Å². The number of esters is 1. The predicted octanol–water partition coefficient (Wildman–Crippen LogP) is 4.81. The second-order valence-corrected chi connectivity index (χ2v) is 6.29. The summed E-state index contributed by atoms with van der Waals surface area (Å²) in [6.07, 6.45) is 0. The minimum Gasteiger partial charge on any atom is -0.455 e. The van der Waals surface area contributed by atoms with Gasteiger partial charge in [-0.3, -0.25) is 0 Å². The van der Waals surface area contributed by atoms with Gasteiger partial charge in [0.1, 0.15) is 11.6 Å². The highest BCUT2D eigenvalue weighted by Gasteiger charge is 2.12. The molecular weight excluding hydrogens is 306 g/mol.